The average Bonchev–Trinajstić information content (AvgIpc) is 3.17. The maximum Gasteiger partial charge on any atom is 0.416 e. The molecule has 2 bridgehead atoms. The number of ether oxygens (including phenoxy) is 1. The molecule has 4 amide bonds. The zero-order chi connectivity index (χ0) is 39.4. The first-order chi connectivity index (χ1) is 26.3. The van der Waals surface area contributed by atoms with Crippen molar-refractivity contribution in [2.45, 2.75) is 68.9 Å². The molecule has 0 saturated carbocycles. The number of aryl methyl sites for hydroxylation is 2. The summed E-state index contributed by atoms with van der Waals surface area (Å²) in [5.74, 6) is -4.06. The van der Waals surface area contributed by atoms with E-state index in [1.165, 1.54) is 12.1 Å². The second kappa shape index (κ2) is 18.7. The average molecular weight is 759 g/mol. The molecule has 11 nitrogen and oxygen atoms in total. The first-order valence-electron chi connectivity index (χ1n) is 17.7. The fourth-order valence-corrected chi connectivity index (χ4v) is 6.08. The van der Waals surface area contributed by atoms with E-state index in [1.807, 2.05) is 48.5 Å². The molecule has 288 valence electrons. The molecule has 4 aromatic carbocycles. The highest BCUT2D eigenvalue weighted by Gasteiger charge is 2.33. The Bertz CT molecular complexity index is 1930. The standard InChI is InChI=1S/C41H41F3N4O7/c42-41(43,44)30-17-11-28(12-18-30)23-34-39(52)46-33(22-16-27-9-5-2-6-10-27)38(51)48-35(40(53)54)24-29-13-19-31(20-14-29)55-25-36(49)45-32(37(50)47-34)21-15-26-7-3-1-4-8-26/h1-14,17-20,32-35H,15-16,21-25H2,(H,45,49)(H,46,52)(H,47,50)(H,48,51)(H,53,54)/t32-,33-,34+,35+/m1/s1. The lowest BCUT2D eigenvalue weighted by Crippen LogP contribution is -2.58. The number of rotatable bonds is 9. The van der Waals surface area contributed by atoms with E-state index in [2.05, 4.69) is 21.3 Å². The number of fused-ring (bicyclic) bond motifs is 16. The van der Waals surface area contributed by atoms with E-state index in [9.17, 15) is 42.3 Å². The number of hydrogen-bond acceptors (Lipinski definition) is 6. The van der Waals surface area contributed by atoms with Crippen LogP contribution >= 0.6 is 0 Å². The van der Waals surface area contributed by atoms with Gasteiger partial charge in [0.15, 0.2) is 6.61 Å². The van der Waals surface area contributed by atoms with Gasteiger partial charge in [-0.25, -0.2) is 4.79 Å². The molecule has 0 saturated heterocycles. The summed E-state index contributed by atoms with van der Waals surface area (Å²) in [6.45, 7) is -0.471. The number of nitrogens with one attached hydrogen (secondary N) is 4. The zero-order valence-electron chi connectivity index (χ0n) is 29.7. The van der Waals surface area contributed by atoms with Crippen LogP contribution in [0.4, 0.5) is 13.2 Å². The lowest BCUT2D eigenvalue weighted by atomic mass is 10.00. The number of halogens is 3. The summed E-state index contributed by atoms with van der Waals surface area (Å²) in [7, 11) is 0. The first-order valence-corrected chi connectivity index (χ1v) is 17.7. The summed E-state index contributed by atoms with van der Waals surface area (Å²) < 4.78 is 45.7. The number of aliphatic carboxylic acids is 1. The van der Waals surface area contributed by atoms with Crippen molar-refractivity contribution in [1.29, 1.82) is 0 Å². The fraction of sp³-hybridized carbons (Fsp3) is 0.293. The van der Waals surface area contributed by atoms with Gasteiger partial charge < -0.3 is 31.1 Å². The number of alkyl halides is 3. The third kappa shape index (κ3) is 12.2. The predicted octanol–water partition coefficient (Wildman–Crippen LogP) is 4.17. The SMILES string of the molecule is O=C1COc2ccc(cc2)C[C@@H](C(=O)O)NC(=O)[C@@H](CCc2ccccc2)NC(=O)[C@H](Cc2ccc(C(F)(F)F)cc2)NC(=O)[C@@H](CCc2ccccc2)N1. The molecule has 0 aromatic heterocycles. The molecule has 55 heavy (non-hydrogen) atoms. The van der Waals surface area contributed by atoms with Gasteiger partial charge in [-0.3, -0.25) is 19.2 Å². The number of amides is 4. The second-order valence-corrected chi connectivity index (χ2v) is 13.2. The number of carboxylic acids is 1. The van der Waals surface area contributed by atoms with Gasteiger partial charge in [-0.15, -0.1) is 0 Å². The van der Waals surface area contributed by atoms with E-state index in [4.69, 9.17) is 4.74 Å². The Morgan fingerprint density at radius 1 is 0.636 bits per heavy atom. The Morgan fingerprint density at radius 2 is 1.15 bits per heavy atom. The topological polar surface area (TPSA) is 163 Å². The van der Waals surface area contributed by atoms with Crippen LogP contribution in [0.15, 0.2) is 109 Å². The van der Waals surface area contributed by atoms with Gasteiger partial charge in [0, 0.05) is 12.8 Å². The molecule has 0 aliphatic carbocycles. The Labute approximate surface area is 315 Å². The summed E-state index contributed by atoms with van der Waals surface area (Å²) in [4.78, 5) is 67.4. The summed E-state index contributed by atoms with van der Waals surface area (Å²) in [6.07, 6.45) is -4.17. The minimum Gasteiger partial charge on any atom is -0.484 e. The molecule has 0 unspecified atom stereocenters. The summed E-state index contributed by atoms with van der Waals surface area (Å²) in [5, 5.41) is 20.6. The van der Waals surface area contributed by atoms with Crippen molar-refractivity contribution in [2.24, 2.45) is 0 Å². The lowest BCUT2D eigenvalue weighted by Gasteiger charge is -2.26. The van der Waals surface area contributed by atoms with Crippen LogP contribution in [-0.4, -0.2) is 65.5 Å². The smallest absolute Gasteiger partial charge is 0.416 e. The van der Waals surface area contributed by atoms with Gasteiger partial charge in [-0.1, -0.05) is 84.9 Å². The summed E-state index contributed by atoms with van der Waals surface area (Å²) in [6, 6.07) is 23.4. The molecule has 0 radical (unpaired) electrons. The highest BCUT2D eigenvalue weighted by molar-refractivity contribution is 5.95. The van der Waals surface area contributed by atoms with Crippen LogP contribution in [0.5, 0.6) is 5.75 Å². The summed E-state index contributed by atoms with van der Waals surface area (Å²) in [5.41, 5.74) is 1.62. The van der Waals surface area contributed by atoms with Crippen molar-refractivity contribution < 1.29 is 47.0 Å². The van der Waals surface area contributed by atoms with Crippen LogP contribution in [0, 0.1) is 0 Å². The van der Waals surface area contributed by atoms with Gasteiger partial charge in [0.1, 0.15) is 29.9 Å². The Hall–Kier alpha value is -6.18. The van der Waals surface area contributed by atoms with Crippen molar-refractivity contribution in [1.82, 2.24) is 21.3 Å². The molecule has 0 fully saturated rings. The first kappa shape index (κ1) is 40.0. The van der Waals surface area contributed by atoms with Crippen molar-refractivity contribution in [3.63, 3.8) is 0 Å². The van der Waals surface area contributed by atoms with Crippen LogP contribution in [0.25, 0.3) is 0 Å². The quantitative estimate of drug-likeness (QED) is 0.160. The van der Waals surface area contributed by atoms with E-state index in [1.54, 1.807) is 36.4 Å². The van der Waals surface area contributed by atoms with Gasteiger partial charge in [-0.2, -0.15) is 13.2 Å². The van der Waals surface area contributed by atoms with Crippen LogP contribution in [0.3, 0.4) is 0 Å². The number of hydrogen-bond donors (Lipinski definition) is 5. The lowest BCUT2D eigenvalue weighted by molar-refractivity contribution is -0.142. The van der Waals surface area contributed by atoms with Gasteiger partial charge in [-0.05, 0) is 72.2 Å². The highest BCUT2D eigenvalue weighted by Crippen LogP contribution is 2.29. The van der Waals surface area contributed by atoms with Crippen LogP contribution in [-0.2, 0) is 55.8 Å². The minimum absolute atomic E-state index is 0.0384. The van der Waals surface area contributed by atoms with Crippen molar-refractivity contribution >= 4 is 29.6 Å². The van der Waals surface area contributed by atoms with E-state index in [0.717, 1.165) is 23.3 Å². The fourth-order valence-electron chi connectivity index (χ4n) is 6.08. The van der Waals surface area contributed by atoms with Crippen LogP contribution in [0.1, 0.15) is 40.7 Å². The zero-order valence-corrected chi connectivity index (χ0v) is 29.7. The van der Waals surface area contributed by atoms with Gasteiger partial charge in [0.05, 0.1) is 5.56 Å². The highest BCUT2D eigenvalue weighted by atomic mass is 19.4. The number of carboxylic acid groups (broad SMARTS) is 1. The van der Waals surface area contributed by atoms with E-state index in [-0.39, 0.29) is 31.2 Å². The molecule has 5 N–H and O–H groups in total. The third-order valence-corrected chi connectivity index (χ3v) is 9.12. The van der Waals surface area contributed by atoms with E-state index < -0.39 is 72.1 Å². The number of benzene rings is 4. The van der Waals surface area contributed by atoms with Gasteiger partial charge in [0.25, 0.3) is 5.91 Å². The molecule has 4 atom stereocenters. The monoisotopic (exact) mass is 758 g/mol. The Kier molecular flexibility index (Phi) is 13.6. The largest absolute Gasteiger partial charge is 0.484 e. The molecule has 2 heterocycles. The molecule has 2 aliphatic rings. The third-order valence-electron chi connectivity index (χ3n) is 9.12. The molecule has 4 aromatic rings. The maximum absolute atomic E-state index is 14.1. The molecule has 6 rings (SSSR count). The Morgan fingerprint density at radius 3 is 1.69 bits per heavy atom. The van der Waals surface area contributed by atoms with Crippen molar-refractivity contribution in [3.05, 3.63) is 137 Å². The van der Waals surface area contributed by atoms with Crippen LogP contribution < -0.4 is 26.0 Å². The van der Waals surface area contributed by atoms with E-state index in [0.29, 0.717) is 24.2 Å². The molecule has 14 heteroatoms. The van der Waals surface area contributed by atoms with Crippen LogP contribution in [0.2, 0.25) is 0 Å². The minimum atomic E-state index is -4.60. The van der Waals surface area contributed by atoms with Gasteiger partial charge in [0.2, 0.25) is 17.7 Å². The van der Waals surface area contributed by atoms with Crippen molar-refractivity contribution in [2.75, 3.05) is 6.61 Å². The summed E-state index contributed by atoms with van der Waals surface area (Å²) >= 11 is 0. The molecule has 2 aliphatic heterocycles. The second-order valence-electron chi connectivity index (χ2n) is 13.2. The predicted molar refractivity (Wildman–Crippen MR) is 196 cm³/mol. The molecular formula is C41H41F3N4O7. The van der Waals surface area contributed by atoms with E-state index >= 15 is 0 Å². The molecule has 0 spiro atoms. The van der Waals surface area contributed by atoms with Crippen molar-refractivity contribution in [3.8, 4) is 5.75 Å². The maximum atomic E-state index is 14.1. The Balaban J connectivity index is 1.49. The number of carbonyl (C=O) groups excluding carboxylic acids is 4. The molecular weight excluding hydrogens is 717 g/mol. The number of carbonyl (C=O) groups is 5. The normalized spacial score (nSPS) is 20.1. The van der Waals surface area contributed by atoms with Gasteiger partial charge >= 0.3 is 12.1 Å².